The summed E-state index contributed by atoms with van der Waals surface area (Å²) in [6.45, 7) is 7.40. The Kier molecular flexibility index (Phi) is 6.65. The fourth-order valence-corrected chi connectivity index (χ4v) is 8.74. The first-order valence-corrected chi connectivity index (χ1v) is 13.5. The summed E-state index contributed by atoms with van der Waals surface area (Å²) in [4.78, 5) is 12.6. The van der Waals surface area contributed by atoms with E-state index in [0.29, 0.717) is 11.3 Å². The van der Waals surface area contributed by atoms with Gasteiger partial charge in [0.25, 0.3) is 5.91 Å². The number of carbonyl (C=O) groups is 1. The molecule has 1 aromatic carbocycles. The molecule has 0 bridgehead atoms. The molecular weight excluding hydrogens is 394 g/mol. The Hall–Kier alpha value is -1.35. The summed E-state index contributed by atoms with van der Waals surface area (Å²) < 4.78 is 5.78. The average Bonchev–Trinajstić information content (AvgIpc) is 3.17. The van der Waals surface area contributed by atoms with Crippen LogP contribution in [0, 0.1) is 46.8 Å². The van der Waals surface area contributed by atoms with Gasteiger partial charge in [0.2, 0.25) is 0 Å². The molecule has 0 radical (unpaired) electrons. The van der Waals surface area contributed by atoms with Crippen molar-refractivity contribution in [2.75, 3.05) is 19.8 Å². The van der Waals surface area contributed by atoms with E-state index in [9.17, 15) is 4.79 Å². The standard InChI is InChI=1S/C29H43NO2/c1-3-32-19-20-9-12-24-22(17-20)10-13-26-25(24)15-16-29(2)23(11-14-27(26)29)18-30-28(31)21-7-5-4-6-8-21/h4-8,20,22-27H,3,9-19H2,1-2H3,(H,30,31)/t20-,22?,23+,24-,25?,26+,27?,29+/m0/s1. The van der Waals surface area contributed by atoms with Crippen LogP contribution in [0.15, 0.2) is 30.3 Å². The van der Waals surface area contributed by atoms with E-state index in [2.05, 4.69) is 19.2 Å². The van der Waals surface area contributed by atoms with Crippen molar-refractivity contribution < 1.29 is 9.53 Å². The Morgan fingerprint density at radius 3 is 2.62 bits per heavy atom. The summed E-state index contributed by atoms with van der Waals surface area (Å²) in [5.74, 6) is 6.27. The number of benzene rings is 1. The van der Waals surface area contributed by atoms with Crippen molar-refractivity contribution in [2.24, 2.45) is 46.8 Å². The molecule has 5 rings (SSSR count). The summed E-state index contributed by atoms with van der Waals surface area (Å²) in [6, 6.07) is 9.70. The van der Waals surface area contributed by atoms with E-state index in [1.165, 1.54) is 57.8 Å². The van der Waals surface area contributed by atoms with Crippen molar-refractivity contribution in [1.29, 1.82) is 0 Å². The van der Waals surface area contributed by atoms with Crippen LogP contribution in [-0.4, -0.2) is 25.7 Å². The summed E-state index contributed by atoms with van der Waals surface area (Å²) in [5.41, 5.74) is 1.21. The van der Waals surface area contributed by atoms with Crippen molar-refractivity contribution in [1.82, 2.24) is 5.32 Å². The van der Waals surface area contributed by atoms with Crippen LogP contribution in [0.1, 0.15) is 82.0 Å². The first-order valence-electron chi connectivity index (χ1n) is 13.5. The lowest BCUT2D eigenvalue weighted by atomic mass is 9.49. The Labute approximate surface area is 195 Å². The highest BCUT2D eigenvalue weighted by Crippen LogP contribution is 2.64. The molecular formula is C29H43NO2. The maximum absolute atomic E-state index is 12.6. The van der Waals surface area contributed by atoms with Crippen molar-refractivity contribution in [3.8, 4) is 0 Å². The molecule has 1 N–H and O–H groups in total. The normalized spacial score (nSPS) is 40.8. The molecule has 8 atom stereocenters. The number of amides is 1. The Balaban J connectivity index is 1.20. The molecule has 4 aliphatic rings. The number of carbonyl (C=O) groups excluding carboxylic acids is 1. The van der Waals surface area contributed by atoms with Crippen LogP contribution in [0.5, 0.6) is 0 Å². The fourth-order valence-electron chi connectivity index (χ4n) is 8.74. The highest BCUT2D eigenvalue weighted by Gasteiger charge is 2.56. The molecule has 1 amide bonds. The third-order valence-electron chi connectivity index (χ3n) is 10.4. The predicted octanol–water partition coefficient (Wildman–Crippen LogP) is 6.34. The molecule has 0 aliphatic heterocycles. The van der Waals surface area contributed by atoms with Crippen LogP contribution in [0.3, 0.4) is 0 Å². The maximum atomic E-state index is 12.6. The quantitative estimate of drug-likeness (QED) is 0.564. The van der Waals surface area contributed by atoms with Gasteiger partial charge >= 0.3 is 0 Å². The number of ether oxygens (including phenoxy) is 1. The highest BCUT2D eigenvalue weighted by atomic mass is 16.5. The van der Waals surface area contributed by atoms with Crippen molar-refractivity contribution in [3.63, 3.8) is 0 Å². The molecule has 0 aromatic heterocycles. The number of nitrogens with one attached hydrogen (secondary N) is 1. The first kappa shape index (κ1) is 22.4. The molecule has 4 fully saturated rings. The second kappa shape index (κ2) is 9.49. The SMILES string of the molecule is CCOC[C@H]1CC[C@H]2C(CC[C@@H]3C2CC[C@@]2(C)C3CC[C@@H]2CNC(=O)c2ccccc2)C1. The number of hydrogen-bond donors (Lipinski definition) is 1. The van der Waals surface area contributed by atoms with Gasteiger partial charge in [0.05, 0.1) is 0 Å². The average molecular weight is 438 g/mol. The largest absolute Gasteiger partial charge is 0.381 e. The zero-order valence-corrected chi connectivity index (χ0v) is 20.2. The van der Waals surface area contributed by atoms with Gasteiger partial charge in [-0.15, -0.1) is 0 Å². The van der Waals surface area contributed by atoms with Crippen LogP contribution >= 0.6 is 0 Å². The molecule has 4 saturated carbocycles. The van der Waals surface area contributed by atoms with Gasteiger partial charge in [0, 0.05) is 25.3 Å². The summed E-state index contributed by atoms with van der Waals surface area (Å²) in [7, 11) is 0. The van der Waals surface area contributed by atoms with Crippen LogP contribution in [-0.2, 0) is 4.74 Å². The molecule has 3 heteroatoms. The van der Waals surface area contributed by atoms with Crippen LogP contribution in [0.2, 0.25) is 0 Å². The van der Waals surface area contributed by atoms with E-state index in [1.807, 2.05) is 30.3 Å². The molecule has 176 valence electrons. The molecule has 32 heavy (non-hydrogen) atoms. The van der Waals surface area contributed by atoms with Gasteiger partial charge in [0.1, 0.15) is 0 Å². The minimum absolute atomic E-state index is 0.0932. The summed E-state index contributed by atoms with van der Waals surface area (Å²) >= 11 is 0. The third kappa shape index (κ3) is 4.15. The van der Waals surface area contributed by atoms with Crippen molar-refractivity contribution in [3.05, 3.63) is 35.9 Å². The molecule has 3 nitrogen and oxygen atoms in total. The Morgan fingerprint density at radius 2 is 1.81 bits per heavy atom. The number of hydrogen-bond acceptors (Lipinski definition) is 2. The second-order valence-electron chi connectivity index (χ2n) is 11.7. The van der Waals surface area contributed by atoms with E-state index in [4.69, 9.17) is 4.74 Å². The van der Waals surface area contributed by atoms with E-state index in [1.54, 1.807) is 0 Å². The van der Waals surface area contributed by atoms with Crippen molar-refractivity contribution in [2.45, 2.75) is 71.6 Å². The molecule has 3 unspecified atom stereocenters. The van der Waals surface area contributed by atoms with Crippen LogP contribution in [0.4, 0.5) is 0 Å². The minimum atomic E-state index is 0.0932. The minimum Gasteiger partial charge on any atom is -0.381 e. The summed E-state index contributed by atoms with van der Waals surface area (Å²) in [5, 5.41) is 3.29. The summed E-state index contributed by atoms with van der Waals surface area (Å²) in [6.07, 6.45) is 12.6. The lowest BCUT2D eigenvalue weighted by molar-refractivity contribution is -0.0722. The van der Waals surface area contributed by atoms with E-state index >= 15 is 0 Å². The maximum Gasteiger partial charge on any atom is 0.251 e. The van der Waals surface area contributed by atoms with Gasteiger partial charge in [0.15, 0.2) is 0 Å². The van der Waals surface area contributed by atoms with Crippen molar-refractivity contribution >= 4 is 5.91 Å². The fraction of sp³-hybridized carbons (Fsp3) is 0.759. The topological polar surface area (TPSA) is 38.3 Å². The van der Waals surface area contributed by atoms with Gasteiger partial charge in [-0.3, -0.25) is 4.79 Å². The van der Waals surface area contributed by atoms with Gasteiger partial charge in [-0.25, -0.2) is 0 Å². The lowest BCUT2D eigenvalue weighted by Crippen LogP contribution is -2.49. The number of fused-ring (bicyclic) bond motifs is 5. The van der Waals surface area contributed by atoms with E-state index in [-0.39, 0.29) is 5.91 Å². The molecule has 1 aromatic rings. The van der Waals surface area contributed by atoms with Gasteiger partial charge < -0.3 is 10.1 Å². The highest BCUT2D eigenvalue weighted by molar-refractivity contribution is 5.94. The molecule has 0 saturated heterocycles. The lowest BCUT2D eigenvalue weighted by Gasteiger charge is -2.56. The molecule has 0 spiro atoms. The first-order chi connectivity index (χ1) is 15.6. The van der Waals surface area contributed by atoms with Crippen LogP contribution in [0.25, 0.3) is 0 Å². The van der Waals surface area contributed by atoms with Gasteiger partial charge in [-0.2, -0.15) is 0 Å². The molecule has 4 aliphatic carbocycles. The Bertz CT molecular complexity index is 779. The zero-order chi connectivity index (χ0) is 22.1. The predicted molar refractivity (Wildman–Crippen MR) is 129 cm³/mol. The monoisotopic (exact) mass is 437 g/mol. The van der Waals surface area contributed by atoms with E-state index in [0.717, 1.165) is 60.8 Å². The third-order valence-corrected chi connectivity index (χ3v) is 10.4. The van der Waals surface area contributed by atoms with Gasteiger partial charge in [-0.1, -0.05) is 25.1 Å². The number of rotatable bonds is 6. The second-order valence-corrected chi connectivity index (χ2v) is 11.7. The van der Waals surface area contributed by atoms with E-state index < -0.39 is 0 Å². The van der Waals surface area contributed by atoms with Crippen LogP contribution < -0.4 is 5.32 Å². The Morgan fingerprint density at radius 1 is 1.00 bits per heavy atom. The molecule has 0 heterocycles. The zero-order valence-electron chi connectivity index (χ0n) is 20.2. The smallest absolute Gasteiger partial charge is 0.251 e. The van der Waals surface area contributed by atoms with Gasteiger partial charge in [-0.05, 0) is 124 Å².